The molecule has 0 saturated heterocycles. The lowest BCUT2D eigenvalue weighted by atomic mass is 10.1. The number of carbonyl (C=O) groups excluding carboxylic acids is 1. The molecule has 1 amide bonds. The van der Waals surface area contributed by atoms with E-state index in [0.29, 0.717) is 17.9 Å². The van der Waals surface area contributed by atoms with Crippen LogP contribution in [-0.4, -0.2) is 31.0 Å². The highest BCUT2D eigenvalue weighted by molar-refractivity contribution is 5.98. The highest BCUT2D eigenvalue weighted by Gasteiger charge is 2.27. The number of nitrogens with zero attached hydrogens (tertiary/aromatic N) is 1. The summed E-state index contributed by atoms with van der Waals surface area (Å²) >= 11 is 0. The standard InChI is InChI=1S/C13H18N2O2/c1-15(2)13(16)12-9(8-14)4-3-5-11(12)17-10-6-7-10/h3-5,10H,6-8,14H2,1-2H3. The first-order chi connectivity index (χ1) is 8.13. The van der Waals surface area contributed by atoms with Crippen LogP contribution in [0, 0.1) is 0 Å². The average molecular weight is 234 g/mol. The van der Waals surface area contributed by atoms with Crippen LogP contribution in [0.15, 0.2) is 18.2 Å². The van der Waals surface area contributed by atoms with Crippen LogP contribution in [0.1, 0.15) is 28.8 Å². The van der Waals surface area contributed by atoms with Gasteiger partial charge < -0.3 is 15.4 Å². The Hall–Kier alpha value is -1.55. The van der Waals surface area contributed by atoms with Crippen molar-refractivity contribution in [2.75, 3.05) is 14.1 Å². The summed E-state index contributed by atoms with van der Waals surface area (Å²) in [4.78, 5) is 13.7. The third-order valence-electron chi connectivity index (χ3n) is 2.77. The van der Waals surface area contributed by atoms with Crippen molar-refractivity contribution in [3.8, 4) is 5.75 Å². The first kappa shape index (κ1) is 11.9. The number of carbonyl (C=O) groups is 1. The summed E-state index contributed by atoms with van der Waals surface area (Å²) in [7, 11) is 3.47. The Morgan fingerprint density at radius 1 is 1.47 bits per heavy atom. The lowest BCUT2D eigenvalue weighted by Crippen LogP contribution is -2.24. The number of benzene rings is 1. The number of hydrogen-bond acceptors (Lipinski definition) is 3. The van der Waals surface area contributed by atoms with Crippen LogP contribution in [0.3, 0.4) is 0 Å². The molecule has 4 nitrogen and oxygen atoms in total. The van der Waals surface area contributed by atoms with E-state index in [1.807, 2.05) is 18.2 Å². The molecule has 0 unspecified atom stereocenters. The Kier molecular flexibility index (Phi) is 3.33. The van der Waals surface area contributed by atoms with Gasteiger partial charge in [0.2, 0.25) is 0 Å². The van der Waals surface area contributed by atoms with Crippen LogP contribution < -0.4 is 10.5 Å². The molecule has 1 saturated carbocycles. The normalized spacial score (nSPS) is 14.5. The van der Waals surface area contributed by atoms with Gasteiger partial charge in [0.25, 0.3) is 5.91 Å². The highest BCUT2D eigenvalue weighted by Crippen LogP contribution is 2.31. The van der Waals surface area contributed by atoms with E-state index in [-0.39, 0.29) is 12.0 Å². The number of rotatable bonds is 4. The Labute approximate surface area is 101 Å². The monoisotopic (exact) mass is 234 g/mol. The maximum absolute atomic E-state index is 12.1. The summed E-state index contributed by atoms with van der Waals surface area (Å²) < 4.78 is 5.77. The van der Waals surface area contributed by atoms with Gasteiger partial charge in [-0.1, -0.05) is 12.1 Å². The van der Waals surface area contributed by atoms with Gasteiger partial charge in [-0.2, -0.15) is 0 Å². The Morgan fingerprint density at radius 3 is 2.71 bits per heavy atom. The van der Waals surface area contributed by atoms with Crippen LogP contribution in [0.4, 0.5) is 0 Å². The molecule has 1 aliphatic rings. The van der Waals surface area contributed by atoms with Gasteiger partial charge in [0, 0.05) is 20.6 Å². The predicted molar refractivity (Wildman–Crippen MR) is 66.0 cm³/mol. The summed E-state index contributed by atoms with van der Waals surface area (Å²) in [6.07, 6.45) is 2.42. The first-order valence-corrected chi connectivity index (χ1v) is 5.83. The topological polar surface area (TPSA) is 55.6 Å². The molecule has 17 heavy (non-hydrogen) atoms. The molecule has 0 aromatic heterocycles. The molecule has 1 aliphatic carbocycles. The summed E-state index contributed by atoms with van der Waals surface area (Å²) in [6, 6.07) is 5.59. The van der Waals surface area contributed by atoms with Crippen molar-refractivity contribution in [3.05, 3.63) is 29.3 Å². The molecule has 92 valence electrons. The summed E-state index contributed by atoms with van der Waals surface area (Å²) in [5.74, 6) is 0.607. The fraction of sp³-hybridized carbons (Fsp3) is 0.462. The van der Waals surface area contributed by atoms with E-state index in [4.69, 9.17) is 10.5 Å². The number of nitrogens with two attached hydrogens (primary N) is 1. The number of hydrogen-bond donors (Lipinski definition) is 1. The van der Waals surface area contributed by atoms with E-state index in [1.54, 1.807) is 19.0 Å². The van der Waals surface area contributed by atoms with Gasteiger partial charge in [-0.3, -0.25) is 4.79 Å². The Balaban J connectivity index is 2.38. The van der Waals surface area contributed by atoms with Gasteiger partial charge in [-0.15, -0.1) is 0 Å². The number of ether oxygens (including phenoxy) is 1. The van der Waals surface area contributed by atoms with E-state index in [9.17, 15) is 4.79 Å². The maximum Gasteiger partial charge on any atom is 0.257 e. The van der Waals surface area contributed by atoms with Gasteiger partial charge in [0.15, 0.2) is 0 Å². The predicted octanol–water partition coefficient (Wildman–Crippen LogP) is 1.39. The molecule has 0 atom stereocenters. The maximum atomic E-state index is 12.1. The molecule has 1 fully saturated rings. The minimum absolute atomic E-state index is 0.0540. The molecule has 2 N–H and O–H groups in total. The van der Waals surface area contributed by atoms with Crippen molar-refractivity contribution in [3.63, 3.8) is 0 Å². The zero-order valence-corrected chi connectivity index (χ0v) is 10.3. The molecule has 1 aromatic carbocycles. The third-order valence-corrected chi connectivity index (χ3v) is 2.77. The smallest absolute Gasteiger partial charge is 0.257 e. The van der Waals surface area contributed by atoms with Crippen LogP contribution in [0.5, 0.6) is 5.75 Å². The van der Waals surface area contributed by atoms with Crippen molar-refractivity contribution in [1.29, 1.82) is 0 Å². The fourth-order valence-electron chi connectivity index (χ4n) is 1.68. The molecule has 0 radical (unpaired) electrons. The fourth-order valence-corrected chi connectivity index (χ4v) is 1.68. The van der Waals surface area contributed by atoms with Gasteiger partial charge >= 0.3 is 0 Å². The number of amides is 1. The summed E-state index contributed by atoms with van der Waals surface area (Å²) in [5.41, 5.74) is 7.12. The summed E-state index contributed by atoms with van der Waals surface area (Å²) in [6.45, 7) is 0.344. The van der Waals surface area contributed by atoms with Crippen LogP contribution in [0.25, 0.3) is 0 Å². The molecule has 4 heteroatoms. The second-order valence-corrected chi connectivity index (χ2v) is 4.51. The van der Waals surface area contributed by atoms with Gasteiger partial charge in [-0.25, -0.2) is 0 Å². The lowest BCUT2D eigenvalue weighted by Gasteiger charge is -2.17. The van der Waals surface area contributed by atoms with E-state index in [0.717, 1.165) is 18.4 Å². The van der Waals surface area contributed by atoms with Gasteiger partial charge in [-0.05, 0) is 24.5 Å². The quantitative estimate of drug-likeness (QED) is 0.856. The first-order valence-electron chi connectivity index (χ1n) is 5.83. The minimum Gasteiger partial charge on any atom is -0.490 e. The lowest BCUT2D eigenvalue weighted by molar-refractivity contribution is 0.0821. The molecule has 0 heterocycles. The molecule has 0 aliphatic heterocycles. The van der Waals surface area contributed by atoms with E-state index < -0.39 is 0 Å². The van der Waals surface area contributed by atoms with Crippen LogP contribution in [-0.2, 0) is 6.54 Å². The molecule has 2 rings (SSSR count). The molecular formula is C13H18N2O2. The van der Waals surface area contributed by atoms with E-state index >= 15 is 0 Å². The third kappa shape index (κ3) is 2.58. The molecule has 1 aromatic rings. The summed E-state index contributed by atoms with van der Waals surface area (Å²) in [5, 5.41) is 0. The largest absolute Gasteiger partial charge is 0.490 e. The average Bonchev–Trinajstić information content (AvgIpc) is 3.11. The van der Waals surface area contributed by atoms with Gasteiger partial charge in [0.1, 0.15) is 5.75 Å². The van der Waals surface area contributed by atoms with Crippen molar-refractivity contribution >= 4 is 5.91 Å². The van der Waals surface area contributed by atoms with Crippen molar-refractivity contribution in [2.45, 2.75) is 25.5 Å². The highest BCUT2D eigenvalue weighted by atomic mass is 16.5. The van der Waals surface area contributed by atoms with Crippen molar-refractivity contribution in [1.82, 2.24) is 4.90 Å². The Morgan fingerprint density at radius 2 is 2.18 bits per heavy atom. The zero-order chi connectivity index (χ0) is 12.4. The van der Waals surface area contributed by atoms with Crippen molar-refractivity contribution in [2.24, 2.45) is 5.73 Å². The second kappa shape index (κ2) is 4.75. The minimum atomic E-state index is -0.0540. The molecular weight excluding hydrogens is 216 g/mol. The molecule has 0 spiro atoms. The van der Waals surface area contributed by atoms with E-state index in [1.165, 1.54) is 0 Å². The van der Waals surface area contributed by atoms with Gasteiger partial charge in [0.05, 0.1) is 11.7 Å². The SMILES string of the molecule is CN(C)C(=O)c1c(CN)cccc1OC1CC1. The van der Waals surface area contributed by atoms with Crippen LogP contribution in [0.2, 0.25) is 0 Å². The molecule has 0 bridgehead atoms. The van der Waals surface area contributed by atoms with E-state index in [2.05, 4.69) is 0 Å². The second-order valence-electron chi connectivity index (χ2n) is 4.51. The Bertz CT molecular complexity index is 425. The van der Waals surface area contributed by atoms with Crippen LogP contribution >= 0.6 is 0 Å². The zero-order valence-electron chi connectivity index (χ0n) is 10.3. The van der Waals surface area contributed by atoms with Crippen molar-refractivity contribution < 1.29 is 9.53 Å².